The van der Waals surface area contributed by atoms with Gasteiger partial charge in [-0.3, -0.25) is 4.79 Å². The average Bonchev–Trinajstić information content (AvgIpc) is 2.75. The molecular weight excluding hydrogens is 288 g/mol. The number of carbonyl (C=O) groups excluding carboxylic acids is 1. The van der Waals surface area contributed by atoms with Crippen LogP contribution in [0.1, 0.15) is 12.0 Å². The highest BCUT2D eigenvalue weighted by Gasteiger charge is 2.48. The Morgan fingerprint density at radius 1 is 1.14 bits per heavy atom. The first kappa shape index (κ1) is 13.0. The predicted octanol–water partition coefficient (Wildman–Crippen LogP) is 1.33. The van der Waals surface area contributed by atoms with Gasteiger partial charge in [0, 0.05) is 17.6 Å². The van der Waals surface area contributed by atoms with Crippen molar-refractivity contribution in [1.29, 1.82) is 0 Å². The van der Waals surface area contributed by atoms with Crippen molar-refractivity contribution >= 4 is 11.4 Å². The quantitative estimate of drug-likeness (QED) is 0.538. The summed E-state index contributed by atoms with van der Waals surface area (Å²) in [5, 5.41) is 40.0. The maximum atomic E-state index is 11.6. The van der Waals surface area contributed by atoms with E-state index < -0.39 is 22.9 Å². The molecule has 1 heterocycles. The first-order chi connectivity index (χ1) is 10.4. The summed E-state index contributed by atoms with van der Waals surface area (Å²) < 4.78 is 5.42. The van der Waals surface area contributed by atoms with E-state index >= 15 is 0 Å². The molecule has 1 atom stereocenters. The molecule has 112 valence electrons. The van der Waals surface area contributed by atoms with Gasteiger partial charge in [-0.25, -0.2) is 0 Å². The molecule has 0 saturated carbocycles. The molecule has 0 aromatic heterocycles. The van der Waals surface area contributed by atoms with Crippen LogP contribution in [0.5, 0.6) is 17.2 Å². The van der Waals surface area contributed by atoms with Crippen LogP contribution in [0.3, 0.4) is 0 Å². The fraction of sp³-hybridized carbons (Fsp3) is 0.188. The van der Waals surface area contributed by atoms with Gasteiger partial charge >= 0.3 is 0 Å². The monoisotopic (exact) mass is 300 g/mol. The number of rotatable bonds is 0. The minimum Gasteiger partial charge on any atom is -0.504 e. The average molecular weight is 300 g/mol. The Hall–Kier alpha value is -2.73. The van der Waals surface area contributed by atoms with E-state index in [-0.39, 0.29) is 24.5 Å². The zero-order valence-electron chi connectivity index (χ0n) is 11.3. The van der Waals surface area contributed by atoms with Crippen molar-refractivity contribution in [3.05, 3.63) is 46.8 Å². The Morgan fingerprint density at radius 2 is 1.91 bits per heavy atom. The fourth-order valence-corrected chi connectivity index (χ4v) is 3.26. The van der Waals surface area contributed by atoms with Gasteiger partial charge in [-0.05, 0) is 35.4 Å². The molecule has 0 amide bonds. The lowest BCUT2D eigenvalue weighted by Crippen LogP contribution is -2.38. The van der Waals surface area contributed by atoms with Gasteiger partial charge in [0.25, 0.3) is 0 Å². The van der Waals surface area contributed by atoms with Crippen molar-refractivity contribution in [2.24, 2.45) is 0 Å². The highest BCUT2D eigenvalue weighted by molar-refractivity contribution is 6.07. The second kappa shape index (κ2) is 3.92. The number of aliphatic hydroxyl groups excluding tert-OH is 1. The highest BCUT2D eigenvalue weighted by atomic mass is 16.5. The molecule has 0 bridgehead atoms. The van der Waals surface area contributed by atoms with Crippen LogP contribution >= 0.6 is 0 Å². The molecule has 0 fully saturated rings. The summed E-state index contributed by atoms with van der Waals surface area (Å²) in [6.07, 6.45) is 2.81. The van der Waals surface area contributed by atoms with Gasteiger partial charge in [0.05, 0.1) is 0 Å². The zero-order chi connectivity index (χ0) is 15.6. The summed E-state index contributed by atoms with van der Waals surface area (Å²) in [7, 11) is 0. The van der Waals surface area contributed by atoms with Crippen LogP contribution < -0.4 is 4.74 Å². The molecule has 6 nitrogen and oxygen atoms in total. The van der Waals surface area contributed by atoms with Crippen LogP contribution in [-0.2, 0) is 4.79 Å². The molecular formula is C16H12O6. The normalized spacial score (nSPS) is 25.8. The molecule has 0 saturated heterocycles. The number of aliphatic hydroxyl groups is 2. The van der Waals surface area contributed by atoms with Crippen molar-refractivity contribution in [2.45, 2.75) is 12.0 Å². The Kier molecular flexibility index (Phi) is 2.31. The lowest BCUT2D eigenvalue weighted by Gasteiger charge is -2.33. The third kappa shape index (κ3) is 1.50. The van der Waals surface area contributed by atoms with E-state index in [4.69, 9.17) is 4.74 Å². The number of phenols is 2. The second-order valence-electron chi connectivity index (χ2n) is 5.66. The number of carbonyl (C=O) groups is 1. The summed E-state index contributed by atoms with van der Waals surface area (Å²) in [6.45, 7) is -0.115. The SMILES string of the molecule is O=C1C=C2C[C@@]3(O)COc4c(ccc(O)c4O)C3=C2C=C1O. The molecule has 3 aliphatic rings. The molecule has 22 heavy (non-hydrogen) atoms. The van der Waals surface area contributed by atoms with Gasteiger partial charge in [-0.2, -0.15) is 0 Å². The van der Waals surface area contributed by atoms with Crippen LogP contribution in [0.15, 0.2) is 41.2 Å². The van der Waals surface area contributed by atoms with Crippen molar-refractivity contribution in [3.8, 4) is 17.2 Å². The van der Waals surface area contributed by atoms with E-state index in [1.165, 1.54) is 24.3 Å². The number of benzene rings is 1. The maximum absolute atomic E-state index is 11.6. The molecule has 1 aromatic carbocycles. The smallest absolute Gasteiger partial charge is 0.220 e. The van der Waals surface area contributed by atoms with E-state index in [1.54, 1.807) is 0 Å². The molecule has 1 aliphatic heterocycles. The van der Waals surface area contributed by atoms with Gasteiger partial charge in [-0.15, -0.1) is 0 Å². The lowest BCUT2D eigenvalue weighted by atomic mass is 9.87. The topological polar surface area (TPSA) is 107 Å². The van der Waals surface area contributed by atoms with E-state index in [0.29, 0.717) is 22.3 Å². The zero-order valence-corrected chi connectivity index (χ0v) is 11.3. The van der Waals surface area contributed by atoms with Gasteiger partial charge in [0.1, 0.15) is 12.2 Å². The molecule has 4 rings (SSSR count). The molecule has 0 radical (unpaired) electrons. The minimum absolute atomic E-state index is 0.0817. The number of aromatic hydroxyl groups is 2. The van der Waals surface area contributed by atoms with Crippen LogP contribution in [0.25, 0.3) is 5.57 Å². The summed E-state index contributed by atoms with van der Waals surface area (Å²) in [5.41, 5.74) is 0.743. The third-order valence-corrected chi connectivity index (χ3v) is 4.24. The van der Waals surface area contributed by atoms with Crippen LogP contribution in [0.2, 0.25) is 0 Å². The standard InChI is InChI=1S/C16H12O6/c17-10-2-1-8-13-9-4-12(19)11(18)3-7(9)5-16(13,21)6-22-15(8)14(10)20/h1-4,17,19-21H,5-6H2/t16-/m1/s1. The number of ketones is 1. The van der Waals surface area contributed by atoms with Crippen molar-refractivity contribution < 1.29 is 30.0 Å². The number of allylic oxidation sites excluding steroid dienone is 3. The van der Waals surface area contributed by atoms with Gasteiger partial charge < -0.3 is 25.2 Å². The van der Waals surface area contributed by atoms with E-state index in [9.17, 15) is 25.2 Å². The first-order valence-corrected chi connectivity index (χ1v) is 6.72. The highest BCUT2D eigenvalue weighted by Crippen LogP contribution is 2.55. The van der Waals surface area contributed by atoms with Crippen LogP contribution in [-0.4, -0.2) is 38.4 Å². The Bertz CT molecular complexity index is 829. The van der Waals surface area contributed by atoms with Crippen molar-refractivity contribution in [1.82, 2.24) is 0 Å². The number of hydrogen-bond donors (Lipinski definition) is 4. The fourth-order valence-electron chi connectivity index (χ4n) is 3.26. The van der Waals surface area contributed by atoms with E-state index in [1.807, 2.05) is 0 Å². The van der Waals surface area contributed by atoms with E-state index in [2.05, 4.69) is 0 Å². The maximum Gasteiger partial charge on any atom is 0.220 e. The third-order valence-electron chi connectivity index (χ3n) is 4.24. The molecule has 0 unspecified atom stereocenters. The largest absolute Gasteiger partial charge is 0.504 e. The number of ether oxygens (including phenoxy) is 1. The number of hydrogen-bond acceptors (Lipinski definition) is 6. The predicted molar refractivity (Wildman–Crippen MR) is 75.6 cm³/mol. The molecule has 0 spiro atoms. The van der Waals surface area contributed by atoms with Crippen LogP contribution in [0, 0.1) is 0 Å². The summed E-state index contributed by atoms with van der Waals surface area (Å²) >= 11 is 0. The Morgan fingerprint density at radius 3 is 2.68 bits per heavy atom. The summed E-state index contributed by atoms with van der Waals surface area (Å²) in [5.74, 6) is -1.54. The first-order valence-electron chi connectivity index (χ1n) is 6.72. The number of phenolic OH excluding ortho intramolecular Hbond substituents is 2. The summed E-state index contributed by atoms with van der Waals surface area (Å²) in [6, 6.07) is 2.83. The summed E-state index contributed by atoms with van der Waals surface area (Å²) in [4.78, 5) is 11.6. The van der Waals surface area contributed by atoms with Gasteiger partial charge in [-0.1, -0.05) is 0 Å². The van der Waals surface area contributed by atoms with Crippen molar-refractivity contribution in [2.75, 3.05) is 6.61 Å². The van der Waals surface area contributed by atoms with Crippen LogP contribution in [0.4, 0.5) is 0 Å². The second-order valence-corrected chi connectivity index (χ2v) is 5.66. The Balaban J connectivity index is 2.03. The minimum atomic E-state index is -1.33. The van der Waals surface area contributed by atoms with Gasteiger partial charge in [0.2, 0.25) is 11.5 Å². The number of fused-ring (bicyclic) bond motifs is 4. The van der Waals surface area contributed by atoms with Gasteiger partial charge in [0.15, 0.2) is 17.3 Å². The van der Waals surface area contributed by atoms with E-state index in [0.717, 1.165) is 0 Å². The molecule has 2 aliphatic carbocycles. The molecule has 6 heteroatoms. The lowest BCUT2D eigenvalue weighted by molar-refractivity contribution is -0.113. The van der Waals surface area contributed by atoms with Crippen molar-refractivity contribution in [3.63, 3.8) is 0 Å². The molecule has 1 aromatic rings. The Labute approximate surface area is 124 Å². The molecule has 4 N–H and O–H groups in total.